The summed E-state index contributed by atoms with van der Waals surface area (Å²) < 4.78 is 24.4. The minimum absolute atomic E-state index is 0.0341. The molecule has 118 valence electrons. The highest BCUT2D eigenvalue weighted by atomic mass is 32.2. The lowest BCUT2D eigenvalue weighted by Gasteiger charge is -2.20. The third-order valence-electron chi connectivity index (χ3n) is 3.52. The van der Waals surface area contributed by atoms with Gasteiger partial charge >= 0.3 is 5.97 Å². The fourth-order valence-electron chi connectivity index (χ4n) is 1.95. The average Bonchev–Trinajstić information content (AvgIpc) is 2.45. The summed E-state index contributed by atoms with van der Waals surface area (Å²) in [6.07, 6.45) is 1.06. The molecule has 1 N–H and O–H groups in total. The molecule has 21 heavy (non-hydrogen) atoms. The largest absolute Gasteiger partial charge is 0.478 e. The van der Waals surface area contributed by atoms with Crippen molar-refractivity contribution in [2.45, 2.75) is 25.2 Å². The lowest BCUT2D eigenvalue weighted by molar-refractivity contribution is 0.0696. The van der Waals surface area contributed by atoms with Gasteiger partial charge in [0.05, 0.1) is 16.2 Å². The van der Waals surface area contributed by atoms with Crippen molar-refractivity contribution in [1.29, 1.82) is 0 Å². The highest BCUT2D eigenvalue weighted by Crippen LogP contribution is 2.13. The number of carboxylic acids is 1. The van der Waals surface area contributed by atoms with Gasteiger partial charge in [0, 0.05) is 13.1 Å². The SMILES string of the molecule is CCC(C)CN(C)CCS(=O)(=O)c1ccc(C(=O)O)cc1. The molecule has 1 aromatic carbocycles. The molecular formula is C15H23NO4S. The third kappa shape index (κ3) is 5.47. The van der Waals surface area contributed by atoms with Gasteiger partial charge < -0.3 is 10.0 Å². The average molecular weight is 313 g/mol. The molecule has 0 fully saturated rings. The lowest BCUT2D eigenvalue weighted by atomic mass is 10.1. The number of nitrogens with zero attached hydrogens (tertiary/aromatic N) is 1. The van der Waals surface area contributed by atoms with Crippen LogP contribution in [0.5, 0.6) is 0 Å². The molecule has 0 aliphatic carbocycles. The maximum atomic E-state index is 12.2. The number of hydrogen-bond acceptors (Lipinski definition) is 4. The van der Waals surface area contributed by atoms with Gasteiger partial charge in [-0.1, -0.05) is 20.3 Å². The molecule has 0 spiro atoms. The van der Waals surface area contributed by atoms with Gasteiger partial charge in [0.1, 0.15) is 0 Å². The van der Waals surface area contributed by atoms with E-state index in [1.165, 1.54) is 24.3 Å². The number of benzene rings is 1. The van der Waals surface area contributed by atoms with Crippen molar-refractivity contribution in [3.63, 3.8) is 0 Å². The van der Waals surface area contributed by atoms with E-state index in [4.69, 9.17) is 5.11 Å². The standard InChI is InChI=1S/C15H23NO4S/c1-4-12(2)11-16(3)9-10-21(19,20)14-7-5-13(6-8-14)15(17)18/h5-8,12H,4,9-11H2,1-3H3,(H,17,18). The van der Waals surface area contributed by atoms with Crippen molar-refractivity contribution in [2.24, 2.45) is 5.92 Å². The van der Waals surface area contributed by atoms with Crippen molar-refractivity contribution in [2.75, 3.05) is 25.9 Å². The van der Waals surface area contributed by atoms with E-state index in [0.717, 1.165) is 13.0 Å². The Hall–Kier alpha value is -1.40. The predicted octanol–water partition coefficient (Wildman–Crippen LogP) is 2.14. The highest BCUT2D eigenvalue weighted by Gasteiger charge is 2.16. The van der Waals surface area contributed by atoms with E-state index in [1.54, 1.807) is 0 Å². The molecule has 6 heteroatoms. The van der Waals surface area contributed by atoms with E-state index in [1.807, 2.05) is 11.9 Å². The van der Waals surface area contributed by atoms with Crippen molar-refractivity contribution in [1.82, 2.24) is 4.90 Å². The number of aromatic carboxylic acids is 1. The molecule has 1 aromatic rings. The van der Waals surface area contributed by atoms with Crippen LogP contribution in [0.4, 0.5) is 0 Å². The second kappa shape index (κ2) is 7.56. The van der Waals surface area contributed by atoms with E-state index in [0.29, 0.717) is 12.5 Å². The quantitative estimate of drug-likeness (QED) is 0.796. The summed E-state index contributed by atoms with van der Waals surface area (Å²) in [5.74, 6) is -0.494. The summed E-state index contributed by atoms with van der Waals surface area (Å²) >= 11 is 0. The Morgan fingerprint density at radius 3 is 2.33 bits per heavy atom. The molecule has 0 aromatic heterocycles. The maximum absolute atomic E-state index is 12.2. The van der Waals surface area contributed by atoms with Crippen LogP contribution in [0.15, 0.2) is 29.2 Å². The Morgan fingerprint density at radius 2 is 1.86 bits per heavy atom. The first-order chi connectivity index (χ1) is 9.76. The topological polar surface area (TPSA) is 74.7 Å². The minimum Gasteiger partial charge on any atom is -0.478 e. The summed E-state index contributed by atoms with van der Waals surface area (Å²) in [6, 6.07) is 5.34. The first kappa shape index (κ1) is 17.7. The molecule has 0 heterocycles. The summed E-state index contributed by atoms with van der Waals surface area (Å²) in [5.41, 5.74) is 0.0860. The van der Waals surface area contributed by atoms with E-state index < -0.39 is 15.8 Å². The summed E-state index contributed by atoms with van der Waals surface area (Å²) in [5, 5.41) is 8.81. The summed E-state index contributed by atoms with van der Waals surface area (Å²) in [7, 11) is -1.46. The summed E-state index contributed by atoms with van der Waals surface area (Å²) in [4.78, 5) is 12.9. The Kier molecular flexibility index (Phi) is 6.36. The van der Waals surface area contributed by atoms with Gasteiger partial charge in [0.15, 0.2) is 9.84 Å². The van der Waals surface area contributed by atoms with Crippen LogP contribution in [0.2, 0.25) is 0 Å². The van der Waals surface area contributed by atoms with E-state index in [2.05, 4.69) is 13.8 Å². The van der Waals surface area contributed by atoms with Crippen LogP contribution in [0, 0.1) is 5.92 Å². The van der Waals surface area contributed by atoms with Crippen LogP contribution in [0.25, 0.3) is 0 Å². The number of hydrogen-bond donors (Lipinski definition) is 1. The molecule has 0 saturated carbocycles. The van der Waals surface area contributed by atoms with Crippen LogP contribution < -0.4 is 0 Å². The highest BCUT2D eigenvalue weighted by molar-refractivity contribution is 7.91. The lowest BCUT2D eigenvalue weighted by Crippen LogP contribution is -2.29. The second-order valence-electron chi connectivity index (χ2n) is 5.42. The van der Waals surface area contributed by atoms with Crippen molar-refractivity contribution in [3.05, 3.63) is 29.8 Å². The molecule has 0 saturated heterocycles. The fraction of sp³-hybridized carbons (Fsp3) is 0.533. The molecule has 0 amide bonds. The van der Waals surface area contributed by atoms with Gasteiger partial charge in [0.25, 0.3) is 0 Å². The normalized spacial score (nSPS) is 13.3. The zero-order chi connectivity index (χ0) is 16.0. The molecule has 0 radical (unpaired) electrons. The molecular weight excluding hydrogens is 290 g/mol. The number of carbonyl (C=O) groups is 1. The van der Waals surface area contributed by atoms with Crippen molar-refractivity contribution >= 4 is 15.8 Å². The molecule has 0 aliphatic heterocycles. The van der Waals surface area contributed by atoms with Crippen LogP contribution in [0.1, 0.15) is 30.6 Å². The van der Waals surface area contributed by atoms with Crippen molar-refractivity contribution in [3.8, 4) is 0 Å². The van der Waals surface area contributed by atoms with Crippen LogP contribution in [-0.2, 0) is 9.84 Å². The van der Waals surface area contributed by atoms with E-state index >= 15 is 0 Å². The maximum Gasteiger partial charge on any atom is 0.335 e. The number of carboxylic acid groups (broad SMARTS) is 1. The van der Waals surface area contributed by atoms with Gasteiger partial charge in [-0.15, -0.1) is 0 Å². The zero-order valence-electron chi connectivity index (χ0n) is 12.7. The Bertz CT molecular complexity index is 566. The molecule has 0 aliphatic rings. The first-order valence-corrected chi connectivity index (χ1v) is 8.66. The van der Waals surface area contributed by atoms with Crippen LogP contribution >= 0.6 is 0 Å². The van der Waals surface area contributed by atoms with Gasteiger partial charge in [-0.2, -0.15) is 0 Å². The number of rotatable bonds is 8. The first-order valence-electron chi connectivity index (χ1n) is 7.01. The Labute approximate surface area is 126 Å². The molecule has 1 unspecified atom stereocenters. The van der Waals surface area contributed by atoms with E-state index in [-0.39, 0.29) is 16.2 Å². The fourth-order valence-corrected chi connectivity index (χ4v) is 3.29. The van der Waals surface area contributed by atoms with Gasteiger partial charge in [-0.3, -0.25) is 0 Å². The third-order valence-corrected chi connectivity index (χ3v) is 5.23. The van der Waals surface area contributed by atoms with Gasteiger partial charge in [-0.25, -0.2) is 13.2 Å². The van der Waals surface area contributed by atoms with Gasteiger partial charge in [0.2, 0.25) is 0 Å². The van der Waals surface area contributed by atoms with Crippen molar-refractivity contribution < 1.29 is 18.3 Å². The minimum atomic E-state index is -3.37. The number of sulfone groups is 1. The summed E-state index contributed by atoms with van der Waals surface area (Å²) in [6.45, 7) is 5.58. The van der Waals surface area contributed by atoms with Crippen LogP contribution in [-0.4, -0.2) is 50.3 Å². The monoisotopic (exact) mass is 313 g/mol. The molecule has 1 rings (SSSR count). The van der Waals surface area contributed by atoms with E-state index in [9.17, 15) is 13.2 Å². The second-order valence-corrected chi connectivity index (χ2v) is 7.53. The predicted molar refractivity (Wildman–Crippen MR) is 82.4 cm³/mol. The smallest absolute Gasteiger partial charge is 0.335 e. The van der Waals surface area contributed by atoms with Gasteiger partial charge in [-0.05, 0) is 37.2 Å². The Balaban J connectivity index is 2.67. The molecule has 5 nitrogen and oxygen atoms in total. The molecule has 1 atom stereocenters. The Morgan fingerprint density at radius 1 is 1.29 bits per heavy atom. The van der Waals surface area contributed by atoms with Crippen LogP contribution in [0.3, 0.4) is 0 Å². The zero-order valence-corrected chi connectivity index (χ0v) is 13.6. The molecule has 0 bridgehead atoms.